The number of hydrogen-bond donors (Lipinski definition) is 5. The van der Waals surface area contributed by atoms with Crippen molar-refractivity contribution in [3.05, 3.63) is 53.3 Å². The minimum atomic E-state index is -2.04. The number of esters is 1. The fraction of sp³-hybridized carbons (Fsp3) is 0.574. The molecule has 0 saturated carbocycles. The molecule has 3 aliphatic heterocycles. The minimum Gasteiger partial charge on any atom is -0.507 e. The Bertz CT molecular complexity index is 2090. The molecule has 9 unspecified atom stereocenters. The number of nitrogens with zero attached hydrogens (tertiary/aromatic N) is 2. The number of aliphatic hydroxyl groups excluding tert-OH is 2. The number of aliphatic hydroxyl groups is 2. The molecule has 2 amide bonds. The van der Waals surface area contributed by atoms with Gasteiger partial charge >= 0.3 is 11.8 Å². The van der Waals surface area contributed by atoms with Crippen LogP contribution in [0.2, 0.25) is 0 Å². The van der Waals surface area contributed by atoms with Gasteiger partial charge in [0.15, 0.2) is 12.4 Å². The highest BCUT2D eigenvalue weighted by atomic mass is 16.7. The average Bonchev–Trinajstić information content (AvgIpc) is 3.51. The third-order valence-corrected chi connectivity index (χ3v) is 12.1. The molecule has 348 valence electrons. The molecule has 5 bridgehead atoms. The fourth-order valence-corrected chi connectivity index (χ4v) is 8.37. The summed E-state index contributed by atoms with van der Waals surface area (Å²) in [5, 5.41) is 52.3. The van der Waals surface area contributed by atoms with Crippen LogP contribution in [0.1, 0.15) is 98.0 Å². The van der Waals surface area contributed by atoms with Crippen molar-refractivity contribution in [2.75, 3.05) is 38.7 Å². The van der Waals surface area contributed by atoms with Gasteiger partial charge in [-0.15, -0.1) is 0 Å². The largest absolute Gasteiger partial charge is 0.507 e. The van der Waals surface area contributed by atoms with E-state index < -0.39 is 89.6 Å². The average molecular weight is 882 g/mol. The second-order valence-corrected chi connectivity index (χ2v) is 16.8. The predicted octanol–water partition coefficient (Wildman–Crippen LogP) is 6.31. The number of rotatable bonds is 11. The zero-order valence-electron chi connectivity index (χ0n) is 38.7. The number of Topliss-reactive ketones (excluding diaryl/α,β-unsaturated/α-hetero) is 1. The molecule has 0 aliphatic carbocycles. The number of aromatic hydroxyl groups is 2. The maximum atomic E-state index is 14.6. The monoisotopic (exact) mass is 881 g/mol. The number of hydrogen-bond acceptors (Lipinski definition) is 14. The van der Waals surface area contributed by atoms with Gasteiger partial charge < -0.3 is 49.4 Å². The van der Waals surface area contributed by atoms with Crippen LogP contribution in [0.15, 0.2) is 42.2 Å². The number of nitrogens with one attached hydrogen (secondary N) is 1. The highest BCUT2D eigenvalue weighted by Gasteiger charge is 2.50. The lowest BCUT2D eigenvalue weighted by atomic mass is 9.78. The van der Waals surface area contributed by atoms with Crippen molar-refractivity contribution >= 4 is 40.0 Å². The van der Waals surface area contributed by atoms with Crippen LogP contribution in [0.3, 0.4) is 0 Å². The fourth-order valence-electron chi connectivity index (χ4n) is 8.37. The zero-order valence-corrected chi connectivity index (χ0v) is 38.7. The first-order valence-corrected chi connectivity index (χ1v) is 21.7. The first-order chi connectivity index (χ1) is 29.7. The number of carbonyl (C=O) groups excluding carboxylic acids is 4. The number of methoxy groups -OCH3 is 1. The molecule has 5 N–H and O–H groups in total. The van der Waals surface area contributed by atoms with Crippen LogP contribution in [0.5, 0.6) is 23.0 Å². The molecule has 0 spiro atoms. The van der Waals surface area contributed by atoms with E-state index in [0.29, 0.717) is 19.6 Å². The Morgan fingerprint density at radius 2 is 1.57 bits per heavy atom. The Morgan fingerprint density at radius 1 is 0.921 bits per heavy atom. The lowest BCUT2D eigenvalue weighted by molar-refractivity contribution is -0.160. The van der Waals surface area contributed by atoms with Gasteiger partial charge in [0.05, 0.1) is 41.2 Å². The second-order valence-electron chi connectivity index (χ2n) is 16.8. The quantitative estimate of drug-likeness (QED) is 0.0951. The number of phenolic OH excluding ortho intramolecular Hbond substituents is 2. The highest BCUT2D eigenvalue weighted by molar-refractivity contribution is 6.21. The van der Waals surface area contributed by atoms with Crippen LogP contribution in [-0.4, -0.2) is 118 Å². The van der Waals surface area contributed by atoms with Crippen LogP contribution in [0.25, 0.3) is 10.8 Å². The molecule has 16 heteroatoms. The van der Waals surface area contributed by atoms with E-state index >= 15 is 0 Å². The van der Waals surface area contributed by atoms with Crippen LogP contribution < -0.4 is 14.8 Å². The molecule has 0 aromatic heterocycles. The van der Waals surface area contributed by atoms with E-state index in [4.69, 9.17) is 23.7 Å². The molecule has 0 radical (unpaired) electrons. The lowest BCUT2D eigenvalue weighted by Crippen LogP contribution is -2.48. The van der Waals surface area contributed by atoms with Gasteiger partial charge in [-0.05, 0) is 39.7 Å². The summed E-state index contributed by atoms with van der Waals surface area (Å²) >= 11 is 0. The number of likely N-dealkylation sites (N-methyl/N-ethyl adjacent to an activating group) is 1. The van der Waals surface area contributed by atoms with Crippen molar-refractivity contribution in [1.82, 2.24) is 10.0 Å². The van der Waals surface area contributed by atoms with Gasteiger partial charge in [0.2, 0.25) is 0 Å². The standard InChI is InChI=1S/C47H67N3O13/c1-13-20-49(21-14-2)50(15-3)35(52)24-60-34-23-32-42(56)37-36(34)38-44(30(9)41(37)55)63-47(11,45(38)57)61-22-19-33(59-12)27(6)43(62-31(10)51)29(8)40(54)28(7)39(53)25(4)17-16-18-26(5)46(58)48-32/h16-19,22-23,25,27-29,33,39-40,43,53-56H,13-15,20-21,24H2,1-12H3,(H,48,58). The Morgan fingerprint density at radius 3 is 2.16 bits per heavy atom. The molecular formula is C47H67N3O13. The van der Waals surface area contributed by atoms with Crippen molar-refractivity contribution in [2.24, 2.45) is 23.7 Å². The number of anilines is 1. The Hall–Kier alpha value is -5.16. The molecule has 2 aromatic carbocycles. The third kappa shape index (κ3) is 10.8. The molecule has 2 aromatic rings. The van der Waals surface area contributed by atoms with Gasteiger partial charge in [-0.2, -0.15) is 0 Å². The van der Waals surface area contributed by atoms with Crippen LogP contribution in [0, 0.1) is 30.6 Å². The summed E-state index contributed by atoms with van der Waals surface area (Å²) < 4.78 is 30.0. The van der Waals surface area contributed by atoms with E-state index in [0.717, 1.165) is 12.8 Å². The Kier molecular flexibility index (Phi) is 17.2. The van der Waals surface area contributed by atoms with Gasteiger partial charge in [0.25, 0.3) is 17.6 Å². The summed E-state index contributed by atoms with van der Waals surface area (Å²) in [6, 6.07) is 1.28. The number of phenols is 2. The SMILES string of the molecule is CCCN(CCC)N(CC)C(=O)COc1cc2c(O)c3c(O)c(C)c4c(c13)C(=O)C(C)(OC=CC(OC)C(C)C(OC(C)=O)C(C)C(O)C(C)C(O)C(C)C=CC=C(C)C(=O)N2)O4. The lowest BCUT2D eigenvalue weighted by Gasteiger charge is -2.38. The number of hydrazine groups is 1. The number of benzene rings is 2. The molecule has 16 nitrogen and oxygen atoms in total. The molecule has 9 atom stereocenters. The first-order valence-electron chi connectivity index (χ1n) is 21.7. The van der Waals surface area contributed by atoms with Crippen LogP contribution in [-0.2, 0) is 28.6 Å². The Balaban J connectivity index is 1.94. The van der Waals surface area contributed by atoms with Crippen molar-refractivity contribution in [3.63, 3.8) is 0 Å². The van der Waals surface area contributed by atoms with Gasteiger partial charge in [-0.25, -0.2) is 5.01 Å². The van der Waals surface area contributed by atoms with E-state index in [9.17, 15) is 39.6 Å². The summed E-state index contributed by atoms with van der Waals surface area (Å²) in [5.74, 6) is -8.08. The molecule has 0 saturated heterocycles. The number of fused-ring (bicyclic) bond motifs is 14. The molecular weight excluding hydrogens is 815 g/mol. The van der Waals surface area contributed by atoms with Crippen molar-refractivity contribution < 1.29 is 63.3 Å². The summed E-state index contributed by atoms with van der Waals surface area (Å²) in [7, 11) is 1.44. The second kappa shape index (κ2) is 21.5. The van der Waals surface area contributed by atoms with Gasteiger partial charge in [-0.3, -0.25) is 24.2 Å². The first kappa shape index (κ1) is 50.5. The normalized spacial score (nSPS) is 26.9. The summed E-state index contributed by atoms with van der Waals surface area (Å²) in [4.78, 5) is 54.5. The van der Waals surface area contributed by atoms with Gasteiger partial charge in [-0.1, -0.05) is 59.8 Å². The van der Waals surface area contributed by atoms with E-state index in [1.807, 2.05) is 25.8 Å². The highest BCUT2D eigenvalue weighted by Crippen LogP contribution is 2.54. The minimum absolute atomic E-state index is 0.0588. The van der Waals surface area contributed by atoms with Gasteiger partial charge in [0.1, 0.15) is 23.4 Å². The number of ketones is 1. The molecule has 0 fully saturated rings. The Labute approximate surface area is 370 Å². The molecule has 5 rings (SSSR count). The summed E-state index contributed by atoms with van der Waals surface area (Å²) in [5.41, 5.74) is -0.0142. The van der Waals surface area contributed by atoms with Crippen molar-refractivity contribution in [3.8, 4) is 23.0 Å². The zero-order chi connectivity index (χ0) is 47.1. The van der Waals surface area contributed by atoms with E-state index in [-0.39, 0.29) is 50.6 Å². The summed E-state index contributed by atoms with van der Waals surface area (Å²) in [6.07, 6.45) is 5.20. The summed E-state index contributed by atoms with van der Waals surface area (Å²) in [6.45, 7) is 19.6. The van der Waals surface area contributed by atoms with Crippen LogP contribution >= 0.6 is 0 Å². The van der Waals surface area contributed by atoms with Gasteiger partial charge in [0, 0.05) is 86.9 Å². The third-order valence-electron chi connectivity index (χ3n) is 12.1. The number of ether oxygens (including phenoxy) is 5. The van der Waals surface area contributed by atoms with E-state index in [2.05, 4.69) is 5.32 Å². The van der Waals surface area contributed by atoms with Crippen LogP contribution in [0.4, 0.5) is 5.69 Å². The number of allylic oxidation sites excluding steroid dienone is 2. The predicted molar refractivity (Wildman–Crippen MR) is 237 cm³/mol. The number of amides is 2. The van der Waals surface area contributed by atoms with E-state index in [1.165, 1.54) is 59.3 Å². The van der Waals surface area contributed by atoms with Crippen molar-refractivity contribution in [1.29, 1.82) is 0 Å². The molecule has 63 heavy (non-hydrogen) atoms. The molecule has 3 aliphatic rings. The topological polar surface area (TPSA) is 214 Å². The molecule has 3 heterocycles. The number of carbonyl (C=O) groups is 4. The maximum Gasteiger partial charge on any atom is 0.312 e. The maximum absolute atomic E-state index is 14.6. The van der Waals surface area contributed by atoms with Crippen molar-refractivity contribution in [2.45, 2.75) is 119 Å². The smallest absolute Gasteiger partial charge is 0.312 e. The van der Waals surface area contributed by atoms with E-state index in [1.54, 1.807) is 44.9 Å².